The molecule has 0 radical (unpaired) electrons. The van der Waals surface area contributed by atoms with Crippen molar-refractivity contribution in [3.63, 3.8) is 0 Å². The van der Waals surface area contributed by atoms with Crippen LogP contribution in [-0.2, 0) is 28.4 Å². The van der Waals surface area contributed by atoms with Crippen LogP contribution in [0.2, 0.25) is 0 Å². The standard InChI is InChI=1S/C18H35NO.C10H22.2H3O3PS/c1-2-3-4-5-6-7-8-9-10-11-12-13-14-15-16-17-18(19)20;1-4-7-8-9-10(5-2)6-3;2*1-4(2,3)5/h9-10H,2-8,11-17H2,1H3,(H2,19,20);10H,4-9H2,1-3H3;2*(H3,1,2,3,5). The first-order valence-electron chi connectivity index (χ1n) is 15.1. The Balaban J connectivity index is -0.000000266. The highest BCUT2D eigenvalue weighted by Crippen LogP contribution is 2.27. The van der Waals surface area contributed by atoms with Crippen LogP contribution in [0.3, 0.4) is 0 Å². The molecule has 0 atom stereocenters. The van der Waals surface area contributed by atoms with E-state index in [1.807, 2.05) is 0 Å². The highest BCUT2D eigenvalue weighted by atomic mass is 32.5. The van der Waals surface area contributed by atoms with Crippen LogP contribution in [0.25, 0.3) is 0 Å². The molecule has 0 bridgehead atoms. The normalized spacial score (nSPS) is 11.3. The molecule has 0 aliphatic heterocycles. The van der Waals surface area contributed by atoms with E-state index >= 15 is 0 Å². The van der Waals surface area contributed by atoms with E-state index in [1.165, 1.54) is 109 Å². The molecule has 0 aliphatic carbocycles. The van der Waals surface area contributed by atoms with E-state index in [1.54, 1.807) is 0 Å². The van der Waals surface area contributed by atoms with Crippen molar-refractivity contribution < 1.29 is 34.2 Å². The van der Waals surface area contributed by atoms with Crippen LogP contribution in [0.5, 0.6) is 0 Å². The zero-order valence-corrected chi connectivity index (χ0v) is 29.2. The first kappa shape index (κ1) is 47.2. The third-order valence-electron chi connectivity index (χ3n) is 6.06. The van der Waals surface area contributed by atoms with E-state index in [4.69, 9.17) is 35.1 Å². The Morgan fingerprint density at radius 3 is 1.30 bits per heavy atom. The number of hydrogen-bond acceptors (Lipinski definition) is 3. The lowest BCUT2D eigenvalue weighted by Crippen LogP contribution is -2.09. The van der Waals surface area contributed by atoms with Gasteiger partial charge in [0.2, 0.25) is 5.91 Å². The molecule has 0 aliphatic rings. The van der Waals surface area contributed by atoms with Gasteiger partial charge in [0.25, 0.3) is 0 Å². The summed E-state index contributed by atoms with van der Waals surface area (Å²) in [6.07, 6.45) is 30.4. The van der Waals surface area contributed by atoms with Gasteiger partial charge in [0.15, 0.2) is 0 Å². The summed E-state index contributed by atoms with van der Waals surface area (Å²) < 4.78 is 0. The van der Waals surface area contributed by atoms with E-state index in [9.17, 15) is 4.79 Å². The van der Waals surface area contributed by atoms with Crippen molar-refractivity contribution >= 4 is 43.0 Å². The Labute approximate surface area is 256 Å². The highest BCUT2D eigenvalue weighted by Gasteiger charge is 2.01. The van der Waals surface area contributed by atoms with Crippen molar-refractivity contribution in [3.8, 4) is 0 Å². The molecular formula is C28H63NO7P2S2. The molecule has 0 aromatic heterocycles. The average Bonchev–Trinajstić information content (AvgIpc) is 2.82. The van der Waals surface area contributed by atoms with Crippen LogP contribution in [0, 0.1) is 5.92 Å². The van der Waals surface area contributed by atoms with Crippen LogP contribution in [0.1, 0.15) is 156 Å². The summed E-state index contributed by atoms with van der Waals surface area (Å²) in [5.74, 6) is 0.842. The van der Waals surface area contributed by atoms with Gasteiger partial charge in [-0.2, -0.15) is 0 Å². The van der Waals surface area contributed by atoms with Crippen LogP contribution in [0.15, 0.2) is 12.2 Å². The third-order valence-corrected chi connectivity index (χ3v) is 6.06. The predicted octanol–water partition coefficient (Wildman–Crippen LogP) is 7.89. The lowest BCUT2D eigenvalue weighted by atomic mass is 9.96. The van der Waals surface area contributed by atoms with Crippen molar-refractivity contribution in [1.82, 2.24) is 0 Å². The molecule has 1 amide bonds. The maximum atomic E-state index is 10.5. The van der Waals surface area contributed by atoms with Crippen molar-refractivity contribution in [2.45, 2.75) is 156 Å². The maximum absolute atomic E-state index is 10.5. The molecule has 0 aromatic carbocycles. The van der Waals surface area contributed by atoms with Crippen molar-refractivity contribution in [2.75, 3.05) is 0 Å². The monoisotopic (exact) mass is 651 g/mol. The number of nitrogens with two attached hydrogens (primary N) is 1. The summed E-state index contributed by atoms with van der Waals surface area (Å²) >= 11 is 7.21. The molecule has 0 heterocycles. The SMILES string of the molecule is CCCCCC(CC)CC.CCCCCCCCC=CCCCCCCCC(N)=O.OP(O)(O)=S.OP(O)(O)=S. The number of carbonyl (C=O) groups is 1. The summed E-state index contributed by atoms with van der Waals surface area (Å²) in [5, 5.41) is 0. The smallest absolute Gasteiger partial charge is 0.319 e. The average molecular weight is 652 g/mol. The summed E-state index contributed by atoms with van der Waals surface area (Å²) in [7, 11) is 0. The Hall–Kier alpha value is 0.270. The van der Waals surface area contributed by atoms with E-state index in [-0.39, 0.29) is 5.91 Å². The molecule has 0 rings (SSSR count). The Morgan fingerprint density at radius 2 is 0.950 bits per heavy atom. The van der Waals surface area contributed by atoms with Gasteiger partial charge < -0.3 is 35.1 Å². The second-order valence-corrected chi connectivity index (χ2v) is 15.0. The maximum Gasteiger partial charge on any atom is 0.319 e. The second kappa shape index (κ2) is 35.5. The number of allylic oxidation sites excluding steroid dienone is 2. The topological polar surface area (TPSA) is 164 Å². The fraction of sp³-hybridized carbons (Fsp3) is 0.893. The van der Waals surface area contributed by atoms with E-state index < -0.39 is 13.4 Å². The number of primary amides is 1. The number of rotatable bonds is 21. The number of amides is 1. The van der Waals surface area contributed by atoms with Crippen LogP contribution in [0.4, 0.5) is 0 Å². The third kappa shape index (κ3) is 77.0. The van der Waals surface area contributed by atoms with Gasteiger partial charge in [-0.15, -0.1) is 0 Å². The molecule has 8 nitrogen and oxygen atoms in total. The quantitative estimate of drug-likeness (QED) is 0.0371. The zero-order chi connectivity index (χ0) is 31.7. The largest absolute Gasteiger partial charge is 0.370 e. The summed E-state index contributed by atoms with van der Waals surface area (Å²) in [4.78, 5) is 55.9. The van der Waals surface area contributed by atoms with E-state index in [2.05, 4.69) is 63.5 Å². The highest BCUT2D eigenvalue weighted by molar-refractivity contribution is 8.06. The molecule has 8 N–H and O–H groups in total. The summed E-state index contributed by atoms with van der Waals surface area (Å²) in [5.41, 5.74) is 5.10. The van der Waals surface area contributed by atoms with Gasteiger partial charge in [-0.25, -0.2) is 0 Å². The minimum Gasteiger partial charge on any atom is -0.370 e. The molecular weight excluding hydrogens is 588 g/mol. The van der Waals surface area contributed by atoms with Gasteiger partial charge >= 0.3 is 13.4 Å². The number of unbranched alkanes of at least 4 members (excludes halogenated alkanes) is 13. The zero-order valence-electron chi connectivity index (χ0n) is 25.8. The van der Waals surface area contributed by atoms with Crippen molar-refractivity contribution in [3.05, 3.63) is 12.2 Å². The molecule has 244 valence electrons. The van der Waals surface area contributed by atoms with Crippen LogP contribution >= 0.6 is 13.4 Å². The van der Waals surface area contributed by atoms with Crippen molar-refractivity contribution in [2.24, 2.45) is 11.7 Å². The Morgan fingerprint density at radius 1 is 0.625 bits per heavy atom. The van der Waals surface area contributed by atoms with Gasteiger partial charge in [-0.1, -0.05) is 130 Å². The van der Waals surface area contributed by atoms with Crippen molar-refractivity contribution in [1.29, 1.82) is 0 Å². The fourth-order valence-electron chi connectivity index (χ4n) is 3.75. The molecule has 0 fully saturated rings. The van der Waals surface area contributed by atoms with Gasteiger partial charge in [0, 0.05) is 6.42 Å². The minimum atomic E-state index is -3.81. The Kier molecular flexibility index (Phi) is 41.9. The first-order valence-corrected chi connectivity index (χ1v) is 20.4. The first-order chi connectivity index (χ1) is 18.6. The summed E-state index contributed by atoms with van der Waals surface area (Å²) in [6, 6.07) is 0. The number of hydrogen-bond donors (Lipinski definition) is 7. The number of carbonyl (C=O) groups excluding carboxylic acids is 1. The van der Waals surface area contributed by atoms with Gasteiger partial charge in [0.1, 0.15) is 0 Å². The summed E-state index contributed by atoms with van der Waals surface area (Å²) in [6.45, 7) is 1.54. The van der Waals surface area contributed by atoms with Gasteiger partial charge in [0.05, 0.1) is 0 Å². The van der Waals surface area contributed by atoms with E-state index in [0.717, 1.165) is 18.8 Å². The molecule has 0 aromatic rings. The molecule has 40 heavy (non-hydrogen) atoms. The van der Waals surface area contributed by atoms with Crippen LogP contribution < -0.4 is 5.73 Å². The fourth-order valence-corrected chi connectivity index (χ4v) is 3.75. The lowest BCUT2D eigenvalue weighted by molar-refractivity contribution is -0.118. The predicted molar refractivity (Wildman–Crippen MR) is 179 cm³/mol. The second-order valence-electron chi connectivity index (χ2n) is 10.0. The minimum absolute atomic E-state index is 0.164. The lowest BCUT2D eigenvalue weighted by Gasteiger charge is -2.10. The molecule has 0 saturated carbocycles. The van der Waals surface area contributed by atoms with Crippen LogP contribution in [-0.4, -0.2) is 35.3 Å². The molecule has 0 unspecified atom stereocenters. The van der Waals surface area contributed by atoms with Gasteiger partial charge in [-0.3, -0.25) is 4.79 Å². The Bertz CT molecular complexity index is 604. The van der Waals surface area contributed by atoms with Gasteiger partial charge in [-0.05, 0) is 61.6 Å². The molecule has 12 heteroatoms. The molecule has 0 spiro atoms. The van der Waals surface area contributed by atoms with E-state index in [0.29, 0.717) is 6.42 Å². The molecule has 0 saturated heterocycles.